The van der Waals surface area contributed by atoms with E-state index in [9.17, 15) is 5.11 Å². The van der Waals surface area contributed by atoms with Gasteiger partial charge in [0.2, 0.25) is 6.79 Å². The molecule has 2 atom stereocenters. The van der Waals surface area contributed by atoms with E-state index in [0.717, 1.165) is 17.1 Å². The van der Waals surface area contributed by atoms with Crippen molar-refractivity contribution in [3.63, 3.8) is 0 Å². The van der Waals surface area contributed by atoms with E-state index in [4.69, 9.17) is 9.47 Å². The van der Waals surface area contributed by atoms with Crippen LogP contribution in [-0.4, -0.2) is 25.1 Å². The van der Waals surface area contributed by atoms with Crippen LogP contribution < -0.4 is 14.8 Å². The van der Waals surface area contributed by atoms with Gasteiger partial charge in [-0.3, -0.25) is 0 Å². The maximum Gasteiger partial charge on any atom is 0.231 e. The Bertz CT molecular complexity index is 352. The number of hydrogen-bond acceptors (Lipinski definition) is 4. The van der Waals surface area contributed by atoms with Gasteiger partial charge in [-0.05, 0) is 31.7 Å². The predicted molar refractivity (Wildman–Crippen MR) is 56.0 cm³/mol. The Morgan fingerprint density at radius 1 is 1.33 bits per heavy atom. The standard InChI is InChI=1S/C11H15NO3/c1-7(13)11(12-2)8-3-4-9-10(5-8)15-6-14-9/h3-5,7,11-13H,6H2,1-2H3. The monoisotopic (exact) mass is 209 g/mol. The highest BCUT2D eigenvalue weighted by molar-refractivity contribution is 5.45. The maximum atomic E-state index is 9.58. The highest BCUT2D eigenvalue weighted by Crippen LogP contribution is 2.34. The number of ether oxygens (including phenoxy) is 2. The minimum absolute atomic E-state index is 0.0838. The molecular weight excluding hydrogens is 194 g/mol. The van der Waals surface area contributed by atoms with E-state index in [1.807, 2.05) is 25.2 Å². The van der Waals surface area contributed by atoms with E-state index >= 15 is 0 Å². The van der Waals surface area contributed by atoms with Crippen molar-refractivity contribution in [2.75, 3.05) is 13.8 Å². The van der Waals surface area contributed by atoms with Crippen molar-refractivity contribution in [1.82, 2.24) is 5.32 Å². The predicted octanol–water partition coefficient (Wildman–Crippen LogP) is 1.06. The lowest BCUT2D eigenvalue weighted by molar-refractivity contribution is 0.149. The average molecular weight is 209 g/mol. The van der Waals surface area contributed by atoms with Gasteiger partial charge in [-0.1, -0.05) is 6.07 Å². The van der Waals surface area contributed by atoms with Gasteiger partial charge < -0.3 is 19.9 Å². The molecule has 0 fully saturated rings. The van der Waals surface area contributed by atoms with E-state index in [-0.39, 0.29) is 12.8 Å². The van der Waals surface area contributed by atoms with Crippen molar-refractivity contribution in [2.45, 2.75) is 19.1 Å². The lowest BCUT2D eigenvalue weighted by Crippen LogP contribution is -2.26. The summed E-state index contributed by atoms with van der Waals surface area (Å²) in [5, 5.41) is 12.6. The van der Waals surface area contributed by atoms with Gasteiger partial charge in [0.15, 0.2) is 11.5 Å². The van der Waals surface area contributed by atoms with Crippen LogP contribution in [0.3, 0.4) is 0 Å². The number of aliphatic hydroxyl groups excluding tert-OH is 1. The molecule has 0 saturated carbocycles. The zero-order valence-electron chi connectivity index (χ0n) is 8.86. The van der Waals surface area contributed by atoms with Crippen LogP contribution >= 0.6 is 0 Å². The van der Waals surface area contributed by atoms with Gasteiger partial charge in [-0.25, -0.2) is 0 Å². The number of nitrogens with one attached hydrogen (secondary N) is 1. The Balaban J connectivity index is 2.28. The van der Waals surface area contributed by atoms with Gasteiger partial charge in [0.25, 0.3) is 0 Å². The van der Waals surface area contributed by atoms with E-state index in [0.29, 0.717) is 0 Å². The molecule has 0 aliphatic carbocycles. The quantitative estimate of drug-likeness (QED) is 0.781. The molecule has 0 aromatic heterocycles. The summed E-state index contributed by atoms with van der Waals surface area (Å²) in [6, 6.07) is 5.61. The lowest BCUT2D eigenvalue weighted by Gasteiger charge is -2.19. The van der Waals surface area contributed by atoms with Gasteiger partial charge in [0.1, 0.15) is 0 Å². The Labute approximate surface area is 88.8 Å². The number of rotatable bonds is 3. The highest BCUT2D eigenvalue weighted by atomic mass is 16.7. The normalized spacial score (nSPS) is 17.5. The molecule has 1 aromatic carbocycles. The van der Waals surface area contributed by atoms with Crippen molar-refractivity contribution >= 4 is 0 Å². The molecule has 0 amide bonds. The molecule has 4 heteroatoms. The summed E-state index contributed by atoms with van der Waals surface area (Å²) >= 11 is 0. The second-order valence-corrected chi connectivity index (χ2v) is 3.62. The molecule has 1 aromatic rings. The molecule has 82 valence electrons. The number of fused-ring (bicyclic) bond motifs is 1. The lowest BCUT2D eigenvalue weighted by atomic mass is 10.0. The number of hydrogen-bond donors (Lipinski definition) is 2. The van der Waals surface area contributed by atoms with Gasteiger partial charge in [-0.2, -0.15) is 0 Å². The third-order valence-electron chi connectivity index (χ3n) is 2.55. The van der Waals surface area contributed by atoms with E-state index < -0.39 is 6.10 Å². The molecule has 2 unspecified atom stereocenters. The van der Waals surface area contributed by atoms with E-state index in [2.05, 4.69) is 5.32 Å². The molecule has 1 aliphatic rings. The van der Waals surface area contributed by atoms with Crippen LogP contribution in [0.25, 0.3) is 0 Å². The second kappa shape index (κ2) is 4.08. The molecule has 0 spiro atoms. The maximum absolute atomic E-state index is 9.58. The Morgan fingerprint density at radius 2 is 2.07 bits per heavy atom. The molecule has 1 heterocycles. The average Bonchev–Trinajstić information content (AvgIpc) is 2.65. The summed E-state index contributed by atoms with van der Waals surface area (Å²) in [6.45, 7) is 2.03. The highest BCUT2D eigenvalue weighted by Gasteiger charge is 2.19. The van der Waals surface area contributed by atoms with Crippen molar-refractivity contribution in [1.29, 1.82) is 0 Å². The molecular formula is C11H15NO3. The minimum atomic E-state index is -0.449. The Kier molecular flexibility index (Phi) is 2.79. The topological polar surface area (TPSA) is 50.7 Å². The SMILES string of the molecule is CNC(c1ccc2c(c1)OCO2)C(C)O. The summed E-state index contributed by atoms with van der Waals surface area (Å²) in [5.41, 5.74) is 0.997. The molecule has 1 aliphatic heterocycles. The van der Waals surface area contributed by atoms with Gasteiger partial charge in [0.05, 0.1) is 12.1 Å². The van der Waals surface area contributed by atoms with Gasteiger partial charge in [-0.15, -0.1) is 0 Å². The first-order valence-corrected chi connectivity index (χ1v) is 4.97. The van der Waals surface area contributed by atoms with Gasteiger partial charge in [0, 0.05) is 0 Å². The summed E-state index contributed by atoms with van der Waals surface area (Å²) in [7, 11) is 1.82. The first kappa shape index (κ1) is 10.3. The molecule has 0 radical (unpaired) electrons. The smallest absolute Gasteiger partial charge is 0.231 e. The molecule has 15 heavy (non-hydrogen) atoms. The van der Waals surface area contributed by atoms with Crippen LogP contribution in [0.1, 0.15) is 18.5 Å². The fourth-order valence-corrected chi connectivity index (χ4v) is 1.79. The first-order chi connectivity index (χ1) is 7.22. The largest absolute Gasteiger partial charge is 0.454 e. The van der Waals surface area contributed by atoms with Crippen LogP contribution in [0.15, 0.2) is 18.2 Å². The molecule has 0 saturated heterocycles. The fraction of sp³-hybridized carbons (Fsp3) is 0.455. The molecule has 2 rings (SSSR count). The summed E-state index contributed by atoms with van der Waals surface area (Å²) in [4.78, 5) is 0. The van der Waals surface area contributed by atoms with Crippen LogP contribution in [0, 0.1) is 0 Å². The van der Waals surface area contributed by atoms with Crippen LogP contribution in [0.5, 0.6) is 11.5 Å². The van der Waals surface area contributed by atoms with Crippen molar-refractivity contribution in [3.8, 4) is 11.5 Å². The molecule has 2 N–H and O–H groups in total. The molecule has 0 bridgehead atoms. The van der Waals surface area contributed by atoms with Crippen LogP contribution in [0.4, 0.5) is 0 Å². The van der Waals surface area contributed by atoms with Crippen LogP contribution in [0.2, 0.25) is 0 Å². The Morgan fingerprint density at radius 3 is 2.73 bits per heavy atom. The zero-order chi connectivity index (χ0) is 10.8. The van der Waals surface area contributed by atoms with Crippen molar-refractivity contribution in [2.24, 2.45) is 0 Å². The van der Waals surface area contributed by atoms with E-state index in [1.54, 1.807) is 6.92 Å². The minimum Gasteiger partial charge on any atom is -0.454 e. The van der Waals surface area contributed by atoms with E-state index in [1.165, 1.54) is 0 Å². The summed E-state index contributed by atoms with van der Waals surface area (Å²) in [5.74, 6) is 1.51. The number of aliphatic hydroxyl groups is 1. The summed E-state index contributed by atoms with van der Waals surface area (Å²) < 4.78 is 10.5. The van der Waals surface area contributed by atoms with Gasteiger partial charge >= 0.3 is 0 Å². The fourth-order valence-electron chi connectivity index (χ4n) is 1.79. The number of likely N-dealkylation sites (N-methyl/N-ethyl adjacent to an activating group) is 1. The third-order valence-corrected chi connectivity index (χ3v) is 2.55. The zero-order valence-corrected chi connectivity index (χ0v) is 8.86. The number of benzene rings is 1. The molecule has 4 nitrogen and oxygen atoms in total. The van der Waals surface area contributed by atoms with Crippen molar-refractivity contribution < 1.29 is 14.6 Å². The second-order valence-electron chi connectivity index (χ2n) is 3.62. The van der Waals surface area contributed by atoms with Crippen LogP contribution in [-0.2, 0) is 0 Å². The van der Waals surface area contributed by atoms with Crippen molar-refractivity contribution in [3.05, 3.63) is 23.8 Å². The first-order valence-electron chi connectivity index (χ1n) is 4.97. The Hall–Kier alpha value is -1.26. The summed E-state index contributed by atoms with van der Waals surface area (Å²) in [6.07, 6.45) is -0.449. The third kappa shape index (κ3) is 1.91.